The van der Waals surface area contributed by atoms with E-state index in [4.69, 9.17) is 10.5 Å². The van der Waals surface area contributed by atoms with Crippen molar-refractivity contribution in [1.29, 1.82) is 0 Å². The highest BCUT2D eigenvalue weighted by Crippen LogP contribution is 2.45. The van der Waals surface area contributed by atoms with Crippen LogP contribution in [0.3, 0.4) is 0 Å². The van der Waals surface area contributed by atoms with Crippen LogP contribution >= 0.6 is 24.8 Å². The van der Waals surface area contributed by atoms with Crippen LogP contribution in [0.2, 0.25) is 0 Å². The number of nitrogen functional groups attached to an aromatic ring is 1. The molecule has 29 heavy (non-hydrogen) atoms. The molecule has 1 aliphatic heterocycles. The summed E-state index contributed by atoms with van der Waals surface area (Å²) >= 11 is 0. The summed E-state index contributed by atoms with van der Waals surface area (Å²) in [5.74, 6) is 0.638. The lowest BCUT2D eigenvalue weighted by atomic mass is 10.1. The average Bonchev–Trinajstić information content (AvgIpc) is 3.22. The molecular weight excluding hydrogens is 409 g/mol. The Labute approximate surface area is 184 Å². The van der Waals surface area contributed by atoms with Crippen molar-refractivity contribution in [3.05, 3.63) is 54.1 Å². The van der Waals surface area contributed by atoms with E-state index in [-0.39, 0.29) is 36.8 Å². The van der Waals surface area contributed by atoms with E-state index >= 15 is 0 Å². The Kier molecular flexibility index (Phi) is 7.80. The topological polar surface area (TPSA) is 67.6 Å². The van der Waals surface area contributed by atoms with Crippen LogP contribution in [0.5, 0.6) is 5.75 Å². The molecule has 2 aromatic rings. The fourth-order valence-corrected chi connectivity index (χ4v) is 3.63. The average molecular weight is 438 g/mol. The SMILES string of the molecule is CC1(CN2CCC(Oc3ccc(C(=O)Nc4ccccc4N)cc3)C2)CC1.Cl.Cl. The van der Waals surface area contributed by atoms with Gasteiger partial charge in [0.2, 0.25) is 0 Å². The number of hydrogen-bond donors (Lipinski definition) is 2. The summed E-state index contributed by atoms with van der Waals surface area (Å²) in [4.78, 5) is 14.9. The quantitative estimate of drug-likeness (QED) is 0.646. The van der Waals surface area contributed by atoms with Crippen molar-refractivity contribution in [2.45, 2.75) is 32.3 Å². The van der Waals surface area contributed by atoms with Crippen molar-refractivity contribution in [3.8, 4) is 5.75 Å². The number of rotatable bonds is 6. The lowest BCUT2D eigenvalue weighted by Gasteiger charge is -2.20. The molecule has 1 saturated carbocycles. The Morgan fingerprint density at radius 1 is 1.17 bits per heavy atom. The summed E-state index contributed by atoms with van der Waals surface area (Å²) in [7, 11) is 0. The molecule has 3 N–H and O–H groups in total. The molecule has 158 valence electrons. The van der Waals surface area contributed by atoms with Crippen LogP contribution in [0.15, 0.2) is 48.5 Å². The number of carbonyl (C=O) groups excluding carboxylic acids is 1. The van der Waals surface area contributed by atoms with Crippen molar-refractivity contribution >= 4 is 42.1 Å². The summed E-state index contributed by atoms with van der Waals surface area (Å²) in [6.07, 6.45) is 4.00. The third kappa shape index (κ3) is 6.01. The first-order valence-electron chi connectivity index (χ1n) is 9.66. The van der Waals surface area contributed by atoms with Crippen LogP contribution in [0.4, 0.5) is 11.4 Å². The van der Waals surface area contributed by atoms with Gasteiger partial charge in [0, 0.05) is 25.2 Å². The molecule has 7 heteroatoms. The van der Waals surface area contributed by atoms with Gasteiger partial charge in [-0.15, -0.1) is 24.8 Å². The second-order valence-corrected chi connectivity index (χ2v) is 8.14. The minimum absolute atomic E-state index is 0. The zero-order chi connectivity index (χ0) is 18.9. The highest BCUT2D eigenvalue weighted by atomic mass is 35.5. The van der Waals surface area contributed by atoms with Gasteiger partial charge in [-0.1, -0.05) is 19.1 Å². The van der Waals surface area contributed by atoms with E-state index < -0.39 is 0 Å². The number of carbonyl (C=O) groups is 1. The smallest absolute Gasteiger partial charge is 0.255 e. The number of halogens is 2. The van der Waals surface area contributed by atoms with E-state index in [9.17, 15) is 4.79 Å². The molecule has 1 aliphatic carbocycles. The predicted molar refractivity (Wildman–Crippen MR) is 123 cm³/mol. The van der Waals surface area contributed by atoms with Gasteiger partial charge >= 0.3 is 0 Å². The molecule has 0 aromatic heterocycles. The van der Waals surface area contributed by atoms with Crippen LogP contribution in [-0.4, -0.2) is 36.5 Å². The van der Waals surface area contributed by atoms with Crippen LogP contribution < -0.4 is 15.8 Å². The molecule has 1 amide bonds. The Hall–Kier alpha value is -1.95. The predicted octanol–water partition coefficient (Wildman–Crippen LogP) is 4.62. The third-order valence-electron chi connectivity index (χ3n) is 5.57. The fraction of sp³-hybridized carbons (Fsp3) is 0.409. The molecule has 5 nitrogen and oxygen atoms in total. The highest BCUT2D eigenvalue weighted by Gasteiger charge is 2.40. The molecule has 2 aliphatic rings. The number of para-hydroxylation sites is 2. The van der Waals surface area contributed by atoms with Gasteiger partial charge in [-0.05, 0) is 61.1 Å². The number of nitrogens with zero attached hydrogens (tertiary/aromatic N) is 1. The van der Waals surface area contributed by atoms with E-state index in [1.165, 1.54) is 19.4 Å². The molecule has 0 spiro atoms. The number of anilines is 2. The molecule has 0 bridgehead atoms. The summed E-state index contributed by atoms with van der Waals surface area (Å²) in [5, 5.41) is 2.84. The lowest BCUT2D eigenvalue weighted by molar-refractivity contribution is 0.102. The Morgan fingerprint density at radius 3 is 2.52 bits per heavy atom. The normalized spacial score (nSPS) is 19.6. The van der Waals surface area contributed by atoms with Gasteiger partial charge in [-0.2, -0.15) is 0 Å². The molecular formula is C22H29Cl2N3O2. The van der Waals surface area contributed by atoms with E-state index in [1.54, 1.807) is 24.3 Å². The molecule has 1 heterocycles. The largest absolute Gasteiger partial charge is 0.489 e. The van der Waals surface area contributed by atoms with Crippen molar-refractivity contribution in [1.82, 2.24) is 4.90 Å². The number of nitrogens with one attached hydrogen (secondary N) is 1. The molecule has 0 radical (unpaired) electrons. The van der Waals surface area contributed by atoms with Crippen LogP contribution in [-0.2, 0) is 0 Å². The van der Waals surface area contributed by atoms with Gasteiger partial charge in [0.25, 0.3) is 5.91 Å². The van der Waals surface area contributed by atoms with Gasteiger partial charge in [0.1, 0.15) is 11.9 Å². The van der Waals surface area contributed by atoms with Crippen molar-refractivity contribution in [2.24, 2.45) is 5.41 Å². The molecule has 1 saturated heterocycles. The van der Waals surface area contributed by atoms with Gasteiger partial charge in [0.15, 0.2) is 0 Å². The molecule has 4 rings (SSSR count). The zero-order valence-electron chi connectivity index (χ0n) is 16.6. The minimum atomic E-state index is -0.177. The Morgan fingerprint density at radius 2 is 1.86 bits per heavy atom. The Balaban J connectivity index is 0.00000150. The number of benzene rings is 2. The summed E-state index contributed by atoms with van der Waals surface area (Å²) in [6, 6.07) is 14.6. The van der Waals surface area contributed by atoms with Crippen molar-refractivity contribution in [2.75, 3.05) is 30.7 Å². The van der Waals surface area contributed by atoms with E-state index in [0.717, 1.165) is 25.3 Å². The van der Waals surface area contributed by atoms with E-state index in [0.29, 0.717) is 22.4 Å². The third-order valence-corrected chi connectivity index (χ3v) is 5.57. The van der Waals surface area contributed by atoms with Gasteiger partial charge in [-0.3, -0.25) is 9.69 Å². The summed E-state index contributed by atoms with van der Waals surface area (Å²) < 4.78 is 6.12. The zero-order valence-corrected chi connectivity index (χ0v) is 18.2. The van der Waals surface area contributed by atoms with E-state index in [2.05, 4.69) is 17.1 Å². The van der Waals surface area contributed by atoms with Gasteiger partial charge < -0.3 is 15.8 Å². The molecule has 2 fully saturated rings. The number of nitrogens with two attached hydrogens (primary N) is 1. The number of likely N-dealkylation sites (tertiary alicyclic amines) is 1. The monoisotopic (exact) mass is 437 g/mol. The fourth-order valence-electron chi connectivity index (χ4n) is 3.63. The maximum absolute atomic E-state index is 12.4. The maximum Gasteiger partial charge on any atom is 0.255 e. The van der Waals surface area contributed by atoms with Crippen molar-refractivity contribution in [3.63, 3.8) is 0 Å². The van der Waals surface area contributed by atoms with Gasteiger partial charge in [0.05, 0.1) is 11.4 Å². The highest BCUT2D eigenvalue weighted by molar-refractivity contribution is 6.05. The lowest BCUT2D eigenvalue weighted by Crippen LogP contribution is -2.29. The molecule has 1 atom stereocenters. The standard InChI is InChI=1S/C22H27N3O2.2ClH/c1-22(11-12-22)15-25-13-10-18(14-25)27-17-8-6-16(7-9-17)21(26)24-20-5-3-2-4-19(20)23;;/h2-9,18H,10-15,23H2,1H3,(H,24,26);2*1H. The molecule has 1 unspecified atom stereocenters. The second kappa shape index (κ2) is 9.70. The summed E-state index contributed by atoms with van der Waals surface area (Å²) in [5.41, 5.74) is 8.18. The van der Waals surface area contributed by atoms with Crippen LogP contribution in [0, 0.1) is 5.41 Å². The minimum Gasteiger partial charge on any atom is -0.489 e. The second-order valence-electron chi connectivity index (χ2n) is 8.14. The van der Waals surface area contributed by atoms with E-state index in [1.807, 2.05) is 24.3 Å². The number of ether oxygens (including phenoxy) is 1. The first kappa shape index (κ1) is 23.3. The summed E-state index contributed by atoms with van der Waals surface area (Å²) in [6.45, 7) is 5.66. The van der Waals surface area contributed by atoms with Crippen LogP contribution in [0.1, 0.15) is 36.5 Å². The number of amides is 1. The van der Waals surface area contributed by atoms with Gasteiger partial charge in [-0.25, -0.2) is 0 Å². The maximum atomic E-state index is 12.4. The first-order valence-corrected chi connectivity index (χ1v) is 9.66. The number of hydrogen-bond acceptors (Lipinski definition) is 4. The Bertz CT molecular complexity index is 825. The van der Waals surface area contributed by atoms with Crippen LogP contribution in [0.25, 0.3) is 0 Å². The first-order chi connectivity index (χ1) is 13.0. The molecule has 2 aromatic carbocycles. The van der Waals surface area contributed by atoms with Crippen molar-refractivity contribution < 1.29 is 9.53 Å².